The molecule has 100 valence electrons. The highest BCUT2D eigenvalue weighted by Gasteiger charge is 2.17. The average Bonchev–Trinajstić information content (AvgIpc) is 3.17. The summed E-state index contributed by atoms with van der Waals surface area (Å²) in [6.45, 7) is 2.19. The fourth-order valence-electron chi connectivity index (χ4n) is 2.83. The second-order valence-corrected chi connectivity index (χ2v) is 5.17. The highest BCUT2D eigenvalue weighted by atomic mass is 15.3. The van der Waals surface area contributed by atoms with Gasteiger partial charge in [0.1, 0.15) is 5.52 Å². The van der Waals surface area contributed by atoms with E-state index in [4.69, 9.17) is 0 Å². The van der Waals surface area contributed by atoms with Gasteiger partial charge in [-0.25, -0.2) is 9.50 Å². The molecule has 0 bridgehead atoms. The molecule has 4 heteroatoms. The van der Waals surface area contributed by atoms with Crippen LogP contribution in [0.1, 0.15) is 12.8 Å². The van der Waals surface area contributed by atoms with E-state index in [2.05, 4.69) is 33.2 Å². The number of anilines is 1. The quantitative estimate of drug-likeness (QED) is 0.713. The minimum absolute atomic E-state index is 0.999. The number of hydrogen-bond acceptors (Lipinski definition) is 3. The van der Waals surface area contributed by atoms with Crippen LogP contribution in [0, 0.1) is 0 Å². The van der Waals surface area contributed by atoms with Gasteiger partial charge in [0.05, 0.1) is 5.69 Å². The first-order valence-corrected chi connectivity index (χ1v) is 7.06. The van der Waals surface area contributed by atoms with E-state index < -0.39 is 0 Å². The van der Waals surface area contributed by atoms with Gasteiger partial charge >= 0.3 is 0 Å². The molecule has 1 saturated heterocycles. The summed E-state index contributed by atoms with van der Waals surface area (Å²) >= 11 is 0. The molecule has 2 aromatic heterocycles. The fourth-order valence-corrected chi connectivity index (χ4v) is 2.83. The number of hydrogen-bond donors (Lipinski definition) is 0. The second-order valence-electron chi connectivity index (χ2n) is 5.17. The molecule has 1 aliphatic rings. The van der Waals surface area contributed by atoms with Crippen LogP contribution in [0.25, 0.3) is 16.8 Å². The summed E-state index contributed by atoms with van der Waals surface area (Å²) in [5.74, 6) is 1.06. The van der Waals surface area contributed by atoms with Crippen LogP contribution in [0.2, 0.25) is 0 Å². The summed E-state index contributed by atoms with van der Waals surface area (Å²) in [5.41, 5.74) is 3.23. The lowest BCUT2D eigenvalue weighted by Crippen LogP contribution is -2.19. The average molecular weight is 264 g/mol. The van der Waals surface area contributed by atoms with Crippen LogP contribution < -0.4 is 4.90 Å². The predicted molar refractivity (Wildman–Crippen MR) is 79.9 cm³/mol. The third-order valence-corrected chi connectivity index (χ3v) is 3.84. The van der Waals surface area contributed by atoms with Crippen molar-refractivity contribution in [2.24, 2.45) is 0 Å². The highest BCUT2D eigenvalue weighted by molar-refractivity contribution is 5.75. The van der Waals surface area contributed by atoms with Gasteiger partial charge in [-0.3, -0.25) is 0 Å². The van der Waals surface area contributed by atoms with Crippen LogP contribution in [0.4, 0.5) is 5.82 Å². The lowest BCUT2D eigenvalue weighted by atomic mass is 10.1. The summed E-state index contributed by atoms with van der Waals surface area (Å²) in [5, 5.41) is 4.67. The van der Waals surface area contributed by atoms with Gasteiger partial charge in [-0.2, -0.15) is 5.10 Å². The molecule has 1 aromatic carbocycles. The zero-order chi connectivity index (χ0) is 13.4. The Kier molecular flexibility index (Phi) is 2.66. The summed E-state index contributed by atoms with van der Waals surface area (Å²) in [6, 6.07) is 12.4. The van der Waals surface area contributed by atoms with Crippen molar-refractivity contribution in [2.45, 2.75) is 12.8 Å². The van der Waals surface area contributed by atoms with E-state index in [0.717, 1.165) is 35.7 Å². The van der Waals surface area contributed by atoms with E-state index in [-0.39, 0.29) is 0 Å². The van der Waals surface area contributed by atoms with Gasteiger partial charge in [0.15, 0.2) is 5.82 Å². The molecule has 1 fully saturated rings. The zero-order valence-corrected chi connectivity index (χ0v) is 11.2. The van der Waals surface area contributed by atoms with Crippen molar-refractivity contribution in [3.8, 4) is 11.3 Å². The SMILES string of the molecule is c1ccc(-c2cc3c(N4CCCC4)nccn3n2)cc1. The van der Waals surface area contributed by atoms with Crippen molar-refractivity contribution < 1.29 is 0 Å². The van der Waals surface area contributed by atoms with Crippen molar-refractivity contribution in [3.63, 3.8) is 0 Å². The monoisotopic (exact) mass is 264 g/mol. The number of aromatic nitrogens is 3. The Balaban J connectivity index is 1.85. The van der Waals surface area contributed by atoms with Gasteiger partial charge in [0.25, 0.3) is 0 Å². The van der Waals surface area contributed by atoms with Gasteiger partial charge in [-0.15, -0.1) is 0 Å². The van der Waals surface area contributed by atoms with Gasteiger partial charge in [0, 0.05) is 31.0 Å². The van der Waals surface area contributed by atoms with Gasteiger partial charge in [-0.1, -0.05) is 30.3 Å². The minimum Gasteiger partial charge on any atom is -0.355 e. The number of benzene rings is 1. The van der Waals surface area contributed by atoms with E-state index in [0.29, 0.717) is 0 Å². The van der Waals surface area contributed by atoms with Crippen LogP contribution in [0.3, 0.4) is 0 Å². The first-order chi connectivity index (χ1) is 9.92. The highest BCUT2D eigenvalue weighted by Crippen LogP contribution is 2.26. The Bertz CT molecular complexity index is 727. The molecule has 1 aliphatic heterocycles. The van der Waals surface area contributed by atoms with Crippen LogP contribution >= 0.6 is 0 Å². The Hall–Kier alpha value is -2.36. The number of nitrogens with zero attached hydrogens (tertiary/aromatic N) is 4. The number of fused-ring (bicyclic) bond motifs is 1. The molecule has 0 radical (unpaired) electrons. The molecule has 0 atom stereocenters. The van der Waals surface area contributed by atoms with E-state index >= 15 is 0 Å². The molecule has 3 aromatic rings. The van der Waals surface area contributed by atoms with E-state index in [1.165, 1.54) is 12.8 Å². The molecule has 20 heavy (non-hydrogen) atoms. The molecule has 0 aliphatic carbocycles. The van der Waals surface area contributed by atoms with Crippen molar-refractivity contribution in [2.75, 3.05) is 18.0 Å². The van der Waals surface area contributed by atoms with Crippen LogP contribution in [-0.4, -0.2) is 27.7 Å². The topological polar surface area (TPSA) is 33.4 Å². The normalized spacial score (nSPS) is 15.1. The van der Waals surface area contributed by atoms with Gasteiger partial charge in [-0.05, 0) is 18.9 Å². The van der Waals surface area contributed by atoms with Crippen molar-refractivity contribution in [1.29, 1.82) is 0 Å². The molecule has 0 N–H and O–H groups in total. The van der Waals surface area contributed by atoms with Crippen LogP contribution in [0.15, 0.2) is 48.8 Å². The maximum atomic E-state index is 4.67. The van der Waals surface area contributed by atoms with Crippen molar-refractivity contribution >= 4 is 11.3 Å². The smallest absolute Gasteiger partial charge is 0.154 e. The standard InChI is InChI=1S/C16H16N4/c1-2-6-13(7-3-1)14-12-15-16(19-9-4-5-10-19)17-8-11-20(15)18-14/h1-3,6-8,11-12H,4-5,9-10H2. The molecular formula is C16H16N4. The third-order valence-electron chi connectivity index (χ3n) is 3.84. The largest absolute Gasteiger partial charge is 0.355 e. The summed E-state index contributed by atoms with van der Waals surface area (Å²) in [4.78, 5) is 6.91. The van der Waals surface area contributed by atoms with Gasteiger partial charge in [0.2, 0.25) is 0 Å². The van der Waals surface area contributed by atoms with E-state index in [1.807, 2.05) is 35.1 Å². The summed E-state index contributed by atoms with van der Waals surface area (Å²) < 4.78 is 1.93. The fraction of sp³-hybridized carbons (Fsp3) is 0.250. The Morgan fingerprint density at radius 3 is 2.60 bits per heavy atom. The second kappa shape index (κ2) is 4.63. The molecule has 0 spiro atoms. The van der Waals surface area contributed by atoms with Gasteiger partial charge < -0.3 is 4.90 Å². The van der Waals surface area contributed by atoms with E-state index in [9.17, 15) is 0 Å². The lowest BCUT2D eigenvalue weighted by Gasteiger charge is -2.16. The lowest BCUT2D eigenvalue weighted by molar-refractivity contribution is 0.901. The van der Waals surface area contributed by atoms with Crippen LogP contribution in [0.5, 0.6) is 0 Å². The molecular weight excluding hydrogens is 248 g/mol. The van der Waals surface area contributed by atoms with Crippen molar-refractivity contribution in [3.05, 3.63) is 48.8 Å². The molecule has 4 nitrogen and oxygen atoms in total. The minimum atomic E-state index is 0.999. The number of rotatable bonds is 2. The Morgan fingerprint density at radius 2 is 1.80 bits per heavy atom. The summed E-state index contributed by atoms with van der Waals surface area (Å²) in [6.07, 6.45) is 6.26. The maximum absolute atomic E-state index is 4.67. The Labute approximate surface area is 117 Å². The first kappa shape index (κ1) is 11.5. The molecule has 0 amide bonds. The third kappa shape index (κ3) is 1.84. The Morgan fingerprint density at radius 1 is 1.00 bits per heavy atom. The maximum Gasteiger partial charge on any atom is 0.154 e. The molecule has 3 heterocycles. The molecule has 4 rings (SSSR count). The zero-order valence-electron chi connectivity index (χ0n) is 11.2. The molecule has 0 unspecified atom stereocenters. The molecule has 0 saturated carbocycles. The van der Waals surface area contributed by atoms with E-state index in [1.54, 1.807) is 0 Å². The van der Waals surface area contributed by atoms with Crippen molar-refractivity contribution in [1.82, 2.24) is 14.6 Å². The van der Waals surface area contributed by atoms with Crippen LogP contribution in [-0.2, 0) is 0 Å². The first-order valence-electron chi connectivity index (χ1n) is 7.06. The predicted octanol–water partition coefficient (Wildman–Crippen LogP) is 3.00. The summed E-state index contributed by atoms with van der Waals surface area (Å²) in [7, 11) is 0.